The van der Waals surface area contributed by atoms with Crippen molar-refractivity contribution in [3.63, 3.8) is 0 Å². The average molecular weight is 189 g/mol. The Morgan fingerprint density at radius 1 is 1.21 bits per heavy atom. The van der Waals surface area contributed by atoms with Crippen LogP contribution < -0.4 is 0 Å². The molecule has 0 amide bonds. The Morgan fingerprint density at radius 3 is 2.07 bits per heavy atom. The summed E-state index contributed by atoms with van der Waals surface area (Å²) in [6.45, 7) is 5.80. The summed E-state index contributed by atoms with van der Waals surface area (Å²) in [5, 5.41) is 0. The van der Waals surface area contributed by atoms with Gasteiger partial charge in [0.05, 0.1) is 0 Å². The molecule has 0 aliphatic heterocycles. The molecule has 1 rings (SSSR count). The molecule has 1 atom stereocenters. The van der Waals surface area contributed by atoms with E-state index in [1.165, 1.54) is 0 Å². The lowest BCUT2D eigenvalue weighted by Crippen LogP contribution is -2.06. The van der Waals surface area contributed by atoms with E-state index in [0.717, 1.165) is 22.3 Å². The van der Waals surface area contributed by atoms with E-state index in [9.17, 15) is 9.59 Å². The van der Waals surface area contributed by atoms with E-state index < -0.39 is 5.92 Å². The van der Waals surface area contributed by atoms with Crippen LogP contribution >= 0.6 is 0 Å². The first-order chi connectivity index (χ1) is 6.60. The van der Waals surface area contributed by atoms with Crippen LogP contribution in [0.5, 0.6) is 0 Å². The molecule has 0 aliphatic rings. The van der Waals surface area contributed by atoms with Crippen LogP contribution in [0.25, 0.3) is 0 Å². The van der Waals surface area contributed by atoms with Gasteiger partial charge in [0.15, 0.2) is 0 Å². The van der Waals surface area contributed by atoms with Crippen LogP contribution in [-0.2, 0) is 9.59 Å². The summed E-state index contributed by atoms with van der Waals surface area (Å²) in [5.41, 5.74) is 3.88. The highest BCUT2D eigenvalue weighted by atomic mass is 16.1. The van der Waals surface area contributed by atoms with Gasteiger partial charge < -0.3 is 4.79 Å². The zero-order valence-electron chi connectivity index (χ0n) is 8.63. The van der Waals surface area contributed by atoms with E-state index in [4.69, 9.17) is 0 Å². The zero-order valence-corrected chi connectivity index (χ0v) is 8.63. The van der Waals surface area contributed by atoms with Gasteiger partial charge in [0.25, 0.3) is 0 Å². The largest absolute Gasteiger partial charge is 0.302 e. The number of carbonyl (C=O) groups is 1. The normalized spacial score (nSPS) is 10.3. The second kappa shape index (κ2) is 4.18. The SMILES string of the molecule is Cc1cc(C)c(C([C]=O)C=O)c(C)c1. The van der Waals surface area contributed by atoms with Crippen molar-refractivity contribution in [3.05, 3.63) is 34.4 Å². The van der Waals surface area contributed by atoms with Gasteiger partial charge in [-0.15, -0.1) is 0 Å². The van der Waals surface area contributed by atoms with E-state index in [2.05, 4.69) is 0 Å². The highest BCUT2D eigenvalue weighted by Gasteiger charge is 2.15. The predicted molar refractivity (Wildman–Crippen MR) is 55.2 cm³/mol. The summed E-state index contributed by atoms with van der Waals surface area (Å²) in [7, 11) is 0. The Labute approximate surface area is 83.9 Å². The van der Waals surface area contributed by atoms with E-state index in [1.54, 1.807) is 6.29 Å². The van der Waals surface area contributed by atoms with Crippen LogP contribution in [0.1, 0.15) is 28.2 Å². The van der Waals surface area contributed by atoms with Crippen LogP contribution in [0, 0.1) is 20.8 Å². The average Bonchev–Trinajstić information content (AvgIpc) is 2.10. The summed E-state index contributed by atoms with van der Waals surface area (Å²) in [6.07, 6.45) is 2.39. The van der Waals surface area contributed by atoms with Gasteiger partial charge in [-0.1, -0.05) is 17.7 Å². The topological polar surface area (TPSA) is 34.1 Å². The third-order valence-corrected chi connectivity index (χ3v) is 2.31. The first-order valence-corrected chi connectivity index (χ1v) is 4.51. The van der Waals surface area contributed by atoms with Gasteiger partial charge in [0, 0.05) is 0 Å². The third kappa shape index (κ3) is 1.90. The van der Waals surface area contributed by atoms with Crippen LogP contribution in [0.3, 0.4) is 0 Å². The van der Waals surface area contributed by atoms with Crippen molar-refractivity contribution in [3.8, 4) is 0 Å². The summed E-state index contributed by atoms with van der Waals surface area (Å²) in [6, 6.07) is 3.94. The first-order valence-electron chi connectivity index (χ1n) is 4.51. The number of hydrogen-bond acceptors (Lipinski definition) is 2. The second-order valence-electron chi connectivity index (χ2n) is 3.54. The molecule has 1 aromatic carbocycles. The molecule has 0 aromatic heterocycles. The Hall–Kier alpha value is -1.44. The molecule has 14 heavy (non-hydrogen) atoms. The third-order valence-electron chi connectivity index (χ3n) is 2.31. The van der Waals surface area contributed by atoms with Gasteiger partial charge in [-0.3, -0.25) is 4.79 Å². The van der Waals surface area contributed by atoms with Gasteiger partial charge in [0.2, 0.25) is 6.29 Å². The minimum absolute atomic E-state index is 0.637. The lowest BCUT2D eigenvalue weighted by atomic mass is 9.91. The van der Waals surface area contributed by atoms with Gasteiger partial charge in [-0.05, 0) is 37.5 Å². The maximum Gasteiger partial charge on any atom is 0.214 e. The van der Waals surface area contributed by atoms with Crippen molar-refractivity contribution < 1.29 is 9.59 Å². The fraction of sp³-hybridized carbons (Fsp3) is 0.333. The number of rotatable bonds is 3. The minimum atomic E-state index is -0.740. The van der Waals surface area contributed by atoms with Gasteiger partial charge in [-0.25, -0.2) is 0 Å². The molecule has 2 heteroatoms. The molecule has 73 valence electrons. The van der Waals surface area contributed by atoms with Gasteiger partial charge in [-0.2, -0.15) is 0 Å². The minimum Gasteiger partial charge on any atom is -0.302 e. The van der Waals surface area contributed by atoms with Crippen LogP contribution in [0.15, 0.2) is 12.1 Å². The van der Waals surface area contributed by atoms with Crippen molar-refractivity contribution in [1.82, 2.24) is 0 Å². The number of aldehydes is 1. The molecule has 0 N–H and O–H groups in total. The summed E-state index contributed by atoms with van der Waals surface area (Å²) in [5.74, 6) is -0.740. The quantitative estimate of drug-likeness (QED) is 0.538. The number of carbonyl (C=O) groups excluding carboxylic acids is 2. The Balaban J connectivity index is 3.32. The Kier molecular flexibility index (Phi) is 3.18. The van der Waals surface area contributed by atoms with Crippen molar-refractivity contribution in [2.24, 2.45) is 0 Å². The van der Waals surface area contributed by atoms with Crippen molar-refractivity contribution in [2.45, 2.75) is 26.7 Å². The van der Waals surface area contributed by atoms with Crippen LogP contribution in [0.2, 0.25) is 0 Å². The summed E-state index contributed by atoms with van der Waals surface area (Å²) < 4.78 is 0. The molecule has 0 spiro atoms. The molecule has 1 unspecified atom stereocenters. The fourth-order valence-electron chi connectivity index (χ4n) is 1.84. The molecule has 1 radical (unpaired) electrons. The summed E-state index contributed by atoms with van der Waals surface area (Å²) >= 11 is 0. The van der Waals surface area contributed by atoms with Gasteiger partial charge >= 0.3 is 0 Å². The van der Waals surface area contributed by atoms with Crippen molar-refractivity contribution in [1.29, 1.82) is 0 Å². The molecule has 0 saturated carbocycles. The molecule has 0 bridgehead atoms. The zero-order chi connectivity index (χ0) is 10.7. The molecule has 0 aliphatic carbocycles. The smallest absolute Gasteiger partial charge is 0.214 e. The van der Waals surface area contributed by atoms with Crippen molar-refractivity contribution in [2.75, 3.05) is 0 Å². The molecule has 0 fully saturated rings. The van der Waals surface area contributed by atoms with Crippen molar-refractivity contribution >= 4 is 12.6 Å². The van der Waals surface area contributed by atoms with Crippen LogP contribution in [0.4, 0.5) is 0 Å². The maximum absolute atomic E-state index is 10.7. The molecule has 0 saturated heterocycles. The molecule has 0 heterocycles. The monoisotopic (exact) mass is 189 g/mol. The van der Waals surface area contributed by atoms with E-state index >= 15 is 0 Å². The Bertz CT molecular complexity index is 336. The fourth-order valence-corrected chi connectivity index (χ4v) is 1.84. The predicted octanol–water partition coefficient (Wildman–Crippen LogP) is 2.00. The number of hydrogen-bond donors (Lipinski definition) is 0. The molecule has 2 nitrogen and oxygen atoms in total. The summed E-state index contributed by atoms with van der Waals surface area (Å²) in [4.78, 5) is 21.2. The highest BCUT2D eigenvalue weighted by Crippen LogP contribution is 2.22. The lowest BCUT2D eigenvalue weighted by molar-refractivity contribution is -0.107. The maximum atomic E-state index is 10.7. The Morgan fingerprint density at radius 2 is 1.71 bits per heavy atom. The molecular weight excluding hydrogens is 176 g/mol. The molecule has 1 aromatic rings. The highest BCUT2D eigenvalue weighted by molar-refractivity contribution is 5.86. The molecular formula is C12H13O2. The second-order valence-corrected chi connectivity index (χ2v) is 3.54. The van der Waals surface area contributed by atoms with E-state index in [0.29, 0.717) is 6.29 Å². The van der Waals surface area contributed by atoms with Gasteiger partial charge in [0.1, 0.15) is 12.2 Å². The van der Waals surface area contributed by atoms with E-state index in [-0.39, 0.29) is 0 Å². The van der Waals surface area contributed by atoms with E-state index in [1.807, 2.05) is 32.9 Å². The lowest BCUT2D eigenvalue weighted by Gasteiger charge is -2.12. The van der Waals surface area contributed by atoms with Crippen LogP contribution in [-0.4, -0.2) is 12.6 Å². The first kappa shape index (κ1) is 10.6. The standard InChI is InChI=1S/C12H13O2/c1-8-4-9(2)12(10(3)5-8)11(6-13)7-14/h4-6,11H,1-3H3. The number of benzene rings is 1. The number of aryl methyl sites for hydroxylation is 3.